The topological polar surface area (TPSA) is 59.9 Å². The summed E-state index contributed by atoms with van der Waals surface area (Å²) in [6.07, 6.45) is 1.83. The van der Waals surface area contributed by atoms with Gasteiger partial charge in [-0.2, -0.15) is 5.10 Å². The predicted octanol–water partition coefficient (Wildman–Crippen LogP) is 4.70. The molecule has 0 heterocycles. The number of rotatable bonds is 7. The summed E-state index contributed by atoms with van der Waals surface area (Å²) in [5, 5.41) is 6.19. The first kappa shape index (κ1) is 19.9. The highest BCUT2D eigenvalue weighted by atomic mass is 79.9. The van der Waals surface area contributed by atoms with E-state index in [2.05, 4.69) is 26.5 Å². The van der Waals surface area contributed by atoms with E-state index in [0.717, 1.165) is 26.4 Å². The SMILES string of the molecule is CCOc1cc(C=NNC(=O)Cc2ccc(Br)c3ccccc23)ccc1OC. The first-order chi connectivity index (χ1) is 13.6. The number of halogens is 1. The lowest BCUT2D eigenvalue weighted by molar-refractivity contribution is -0.120. The van der Waals surface area contributed by atoms with E-state index >= 15 is 0 Å². The minimum Gasteiger partial charge on any atom is -0.493 e. The number of methoxy groups -OCH3 is 1. The molecule has 0 spiro atoms. The highest BCUT2D eigenvalue weighted by Crippen LogP contribution is 2.28. The van der Waals surface area contributed by atoms with Crippen molar-refractivity contribution in [2.24, 2.45) is 5.10 Å². The van der Waals surface area contributed by atoms with Gasteiger partial charge in [-0.3, -0.25) is 4.79 Å². The number of ether oxygens (including phenoxy) is 2. The predicted molar refractivity (Wildman–Crippen MR) is 115 cm³/mol. The second kappa shape index (κ2) is 9.37. The fourth-order valence-corrected chi connectivity index (χ4v) is 3.39. The molecule has 144 valence electrons. The van der Waals surface area contributed by atoms with E-state index < -0.39 is 0 Å². The Morgan fingerprint density at radius 3 is 2.64 bits per heavy atom. The lowest BCUT2D eigenvalue weighted by atomic mass is 10.0. The second-order valence-electron chi connectivity index (χ2n) is 6.07. The van der Waals surface area contributed by atoms with E-state index in [1.165, 1.54) is 0 Å². The summed E-state index contributed by atoms with van der Waals surface area (Å²) in [7, 11) is 1.59. The lowest BCUT2D eigenvalue weighted by Gasteiger charge is -2.09. The summed E-state index contributed by atoms with van der Waals surface area (Å²) in [5.74, 6) is 1.12. The minimum atomic E-state index is -0.178. The van der Waals surface area contributed by atoms with Crippen molar-refractivity contribution in [3.05, 3.63) is 70.2 Å². The molecule has 0 radical (unpaired) electrons. The zero-order valence-electron chi connectivity index (χ0n) is 15.7. The number of benzene rings is 3. The third-order valence-corrected chi connectivity index (χ3v) is 4.89. The number of fused-ring (bicyclic) bond motifs is 1. The summed E-state index contributed by atoms with van der Waals surface area (Å²) >= 11 is 3.55. The number of hydrogen-bond donors (Lipinski definition) is 1. The lowest BCUT2D eigenvalue weighted by Crippen LogP contribution is -2.19. The van der Waals surface area contributed by atoms with Crippen molar-refractivity contribution in [3.63, 3.8) is 0 Å². The zero-order chi connectivity index (χ0) is 19.9. The van der Waals surface area contributed by atoms with Gasteiger partial charge in [0.1, 0.15) is 0 Å². The molecular weight excluding hydrogens is 420 g/mol. The quantitative estimate of drug-likeness (QED) is 0.427. The van der Waals surface area contributed by atoms with Gasteiger partial charge < -0.3 is 9.47 Å². The van der Waals surface area contributed by atoms with Crippen molar-refractivity contribution >= 4 is 38.8 Å². The van der Waals surface area contributed by atoms with E-state index in [4.69, 9.17) is 9.47 Å². The largest absolute Gasteiger partial charge is 0.493 e. The van der Waals surface area contributed by atoms with Gasteiger partial charge in [0, 0.05) is 4.47 Å². The summed E-state index contributed by atoms with van der Waals surface area (Å²) in [5.41, 5.74) is 4.34. The molecule has 0 aliphatic rings. The third kappa shape index (κ3) is 4.70. The van der Waals surface area contributed by atoms with Crippen molar-refractivity contribution in [3.8, 4) is 11.5 Å². The van der Waals surface area contributed by atoms with Gasteiger partial charge in [0.05, 0.1) is 26.4 Å². The van der Waals surface area contributed by atoms with E-state index in [-0.39, 0.29) is 12.3 Å². The second-order valence-corrected chi connectivity index (χ2v) is 6.92. The van der Waals surface area contributed by atoms with Crippen LogP contribution in [0.5, 0.6) is 11.5 Å². The van der Waals surface area contributed by atoms with Crippen molar-refractivity contribution in [1.29, 1.82) is 0 Å². The molecule has 6 heteroatoms. The van der Waals surface area contributed by atoms with Gasteiger partial charge in [-0.25, -0.2) is 5.43 Å². The summed E-state index contributed by atoms with van der Waals surface area (Å²) in [6.45, 7) is 2.45. The van der Waals surface area contributed by atoms with Crippen LogP contribution in [-0.2, 0) is 11.2 Å². The zero-order valence-corrected chi connectivity index (χ0v) is 17.3. The average molecular weight is 441 g/mol. The number of amides is 1. The Labute approximate surface area is 172 Å². The van der Waals surface area contributed by atoms with Gasteiger partial charge in [-0.15, -0.1) is 0 Å². The fraction of sp³-hybridized carbons (Fsp3) is 0.182. The Balaban J connectivity index is 1.68. The number of hydrogen-bond acceptors (Lipinski definition) is 4. The summed E-state index contributed by atoms with van der Waals surface area (Å²) in [6, 6.07) is 17.4. The molecule has 0 bridgehead atoms. The molecule has 0 fully saturated rings. The van der Waals surface area contributed by atoms with Crippen LogP contribution in [0.15, 0.2) is 64.2 Å². The number of nitrogens with one attached hydrogen (secondary N) is 1. The van der Waals surface area contributed by atoms with Gasteiger partial charge >= 0.3 is 0 Å². The monoisotopic (exact) mass is 440 g/mol. The van der Waals surface area contributed by atoms with Crippen LogP contribution in [0.2, 0.25) is 0 Å². The Morgan fingerprint density at radius 2 is 1.89 bits per heavy atom. The third-order valence-electron chi connectivity index (χ3n) is 4.20. The molecule has 0 unspecified atom stereocenters. The Morgan fingerprint density at radius 1 is 1.11 bits per heavy atom. The van der Waals surface area contributed by atoms with Crippen LogP contribution in [0, 0.1) is 0 Å². The molecule has 0 aliphatic heterocycles. The van der Waals surface area contributed by atoms with Crippen molar-refractivity contribution in [2.75, 3.05) is 13.7 Å². The molecule has 0 atom stereocenters. The van der Waals surface area contributed by atoms with Crippen molar-refractivity contribution in [2.45, 2.75) is 13.3 Å². The maximum Gasteiger partial charge on any atom is 0.244 e. The molecule has 0 aliphatic carbocycles. The maximum atomic E-state index is 12.3. The minimum absolute atomic E-state index is 0.178. The number of carbonyl (C=O) groups excluding carboxylic acids is 1. The molecule has 0 saturated heterocycles. The van der Waals surface area contributed by atoms with E-state index in [1.54, 1.807) is 13.3 Å². The van der Waals surface area contributed by atoms with Gasteiger partial charge in [-0.05, 0) is 53.1 Å². The molecule has 3 rings (SSSR count). The summed E-state index contributed by atoms with van der Waals surface area (Å²) in [4.78, 5) is 12.3. The van der Waals surface area contributed by atoms with Gasteiger partial charge in [0.15, 0.2) is 11.5 Å². The first-order valence-electron chi connectivity index (χ1n) is 8.91. The van der Waals surface area contributed by atoms with Crippen LogP contribution >= 0.6 is 15.9 Å². The van der Waals surface area contributed by atoms with E-state index in [9.17, 15) is 4.79 Å². The van der Waals surface area contributed by atoms with Crippen LogP contribution in [0.4, 0.5) is 0 Å². The maximum absolute atomic E-state index is 12.3. The fourth-order valence-electron chi connectivity index (χ4n) is 2.91. The van der Waals surface area contributed by atoms with Gasteiger partial charge in [-0.1, -0.05) is 46.3 Å². The number of carbonyl (C=O) groups is 1. The van der Waals surface area contributed by atoms with Crippen LogP contribution < -0.4 is 14.9 Å². The van der Waals surface area contributed by atoms with Crippen LogP contribution in [0.25, 0.3) is 10.8 Å². The van der Waals surface area contributed by atoms with E-state index in [0.29, 0.717) is 18.1 Å². The van der Waals surface area contributed by atoms with Gasteiger partial charge in [0.2, 0.25) is 5.91 Å². The highest BCUT2D eigenvalue weighted by Gasteiger charge is 2.08. The number of hydrazone groups is 1. The van der Waals surface area contributed by atoms with Crippen LogP contribution in [0.1, 0.15) is 18.1 Å². The van der Waals surface area contributed by atoms with Crippen molar-refractivity contribution in [1.82, 2.24) is 5.43 Å². The molecule has 28 heavy (non-hydrogen) atoms. The molecule has 0 aromatic heterocycles. The molecule has 3 aromatic rings. The number of nitrogens with zero attached hydrogens (tertiary/aromatic N) is 1. The molecular formula is C22H21BrN2O3. The molecule has 5 nitrogen and oxygen atoms in total. The molecule has 1 amide bonds. The molecule has 3 aromatic carbocycles. The first-order valence-corrected chi connectivity index (χ1v) is 9.70. The summed E-state index contributed by atoms with van der Waals surface area (Å²) < 4.78 is 11.8. The smallest absolute Gasteiger partial charge is 0.244 e. The normalized spacial score (nSPS) is 11.0. The van der Waals surface area contributed by atoms with E-state index in [1.807, 2.05) is 61.5 Å². The van der Waals surface area contributed by atoms with Crippen LogP contribution in [-0.4, -0.2) is 25.8 Å². The Hall–Kier alpha value is -2.86. The van der Waals surface area contributed by atoms with Crippen LogP contribution in [0.3, 0.4) is 0 Å². The molecule has 1 N–H and O–H groups in total. The Bertz CT molecular complexity index is 1020. The average Bonchev–Trinajstić information content (AvgIpc) is 2.71. The van der Waals surface area contributed by atoms with Gasteiger partial charge in [0.25, 0.3) is 0 Å². The highest BCUT2D eigenvalue weighted by molar-refractivity contribution is 9.10. The van der Waals surface area contributed by atoms with Crippen molar-refractivity contribution < 1.29 is 14.3 Å². The Kier molecular flexibility index (Phi) is 6.66. The molecule has 0 saturated carbocycles. The standard InChI is InChI=1S/C22H21BrN2O3/c1-3-28-21-12-15(8-11-20(21)27-2)14-24-25-22(26)13-16-9-10-19(23)18-7-5-4-6-17(16)18/h4-12,14H,3,13H2,1-2H3,(H,25,26).